The van der Waals surface area contributed by atoms with Crippen LogP contribution in [0.3, 0.4) is 0 Å². The quantitative estimate of drug-likeness (QED) is 0.205. The number of ether oxygens (including phenoxy) is 1. The van der Waals surface area contributed by atoms with Crippen molar-refractivity contribution in [1.29, 1.82) is 0 Å². The van der Waals surface area contributed by atoms with Crippen molar-refractivity contribution in [3.8, 4) is 11.5 Å². The Morgan fingerprint density at radius 1 is 0.815 bits per heavy atom. The highest BCUT2D eigenvalue weighted by Gasteiger charge is 2.09. The number of hydrogen-bond donors (Lipinski definition) is 2. The molecule has 2 N–H and O–H groups in total. The second-order valence-corrected chi connectivity index (χ2v) is 7.91. The molecule has 154 valence electrons. The third-order valence-corrected chi connectivity index (χ3v) is 4.87. The maximum Gasteiger partial charge on any atom is 0.338 e. The summed E-state index contributed by atoms with van der Waals surface area (Å²) in [5.41, 5.74) is 0.259. The van der Waals surface area contributed by atoms with Crippen LogP contribution >= 0.6 is 0 Å². The van der Waals surface area contributed by atoms with Crippen LogP contribution < -0.4 is 0 Å². The number of carbonyl (C=O) groups excluding carboxylic acids is 1. The molecule has 0 saturated heterocycles. The molecule has 0 atom stereocenters. The number of rotatable bonds is 15. The van der Waals surface area contributed by atoms with Gasteiger partial charge in [-0.2, -0.15) is 0 Å². The lowest BCUT2D eigenvalue weighted by Gasteiger charge is -2.06. The Labute approximate surface area is 164 Å². The Hall–Kier alpha value is -1.71. The molecule has 0 aliphatic heterocycles. The van der Waals surface area contributed by atoms with E-state index < -0.39 is 5.97 Å². The van der Waals surface area contributed by atoms with Gasteiger partial charge in [0.25, 0.3) is 0 Å². The molecule has 1 aromatic carbocycles. The zero-order valence-electron chi connectivity index (χ0n) is 17.2. The van der Waals surface area contributed by atoms with Crippen molar-refractivity contribution in [1.82, 2.24) is 0 Å². The lowest BCUT2D eigenvalue weighted by atomic mass is 10.0. The zero-order chi connectivity index (χ0) is 19.9. The molecule has 0 heterocycles. The molecule has 1 aromatic rings. The molecule has 0 spiro atoms. The molecule has 0 radical (unpaired) electrons. The summed E-state index contributed by atoms with van der Waals surface area (Å²) in [6.07, 6.45) is 15.3. The lowest BCUT2D eigenvalue weighted by molar-refractivity contribution is 0.0497. The molecule has 0 amide bonds. The molecule has 0 bridgehead atoms. The summed E-state index contributed by atoms with van der Waals surface area (Å²) in [6.45, 7) is 4.99. The van der Waals surface area contributed by atoms with Crippen molar-refractivity contribution in [3.63, 3.8) is 0 Å². The fourth-order valence-corrected chi connectivity index (χ4v) is 3.14. The maximum absolute atomic E-state index is 11.8. The average molecular weight is 379 g/mol. The monoisotopic (exact) mass is 378 g/mol. The normalized spacial score (nSPS) is 11.1. The van der Waals surface area contributed by atoms with E-state index in [-0.39, 0.29) is 17.1 Å². The first-order valence-corrected chi connectivity index (χ1v) is 10.7. The largest absolute Gasteiger partial charge is 0.504 e. The third-order valence-electron chi connectivity index (χ3n) is 4.87. The minimum Gasteiger partial charge on any atom is -0.504 e. The Kier molecular flexibility index (Phi) is 12.4. The van der Waals surface area contributed by atoms with E-state index in [0.29, 0.717) is 6.61 Å². The standard InChI is InChI=1S/C23H38O4/c1-19(2)14-12-10-8-6-4-3-5-7-9-11-13-17-27-23(26)20-15-16-21(24)22(25)18-20/h15-16,18-19,24-25H,3-14,17H2,1-2H3. The van der Waals surface area contributed by atoms with E-state index in [4.69, 9.17) is 4.74 Å². The minimum absolute atomic E-state index is 0.238. The molecular formula is C23H38O4. The fourth-order valence-electron chi connectivity index (χ4n) is 3.14. The van der Waals surface area contributed by atoms with Crippen LogP contribution in [0.15, 0.2) is 18.2 Å². The van der Waals surface area contributed by atoms with Gasteiger partial charge in [0, 0.05) is 0 Å². The highest BCUT2D eigenvalue weighted by Crippen LogP contribution is 2.25. The van der Waals surface area contributed by atoms with E-state index in [1.54, 1.807) is 0 Å². The minimum atomic E-state index is -0.460. The highest BCUT2D eigenvalue weighted by molar-refractivity contribution is 5.90. The lowest BCUT2D eigenvalue weighted by Crippen LogP contribution is -2.06. The molecule has 0 fully saturated rings. The van der Waals surface area contributed by atoms with Gasteiger partial charge < -0.3 is 14.9 Å². The van der Waals surface area contributed by atoms with E-state index in [1.807, 2.05) is 0 Å². The first-order valence-electron chi connectivity index (χ1n) is 10.7. The van der Waals surface area contributed by atoms with Gasteiger partial charge in [-0.1, -0.05) is 84.5 Å². The molecule has 1 rings (SSSR count). The first-order chi connectivity index (χ1) is 13.0. The van der Waals surface area contributed by atoms with Gasteiger partial charge in [0.1, 0.15) is 0 Å². The summed E-state index contributed by atoms with van der Waals surface area (Å²) in [5, 5.41) is 18.6. The average Bonchev–Trinajstić information content (AvgIpc) is 2.63. The van der Waals surface area contributed by atoms with Gasteiger partial charge in [0.15, 0.2) is 11.5 Å². The van der Waals surface area contributed by atoms with E-state index >= 15 is 0 Å². The molecule has 0 aliphatic rings. The van der Waals surface area contributed by atoms with E-state index in [1.165, 1.54) is 82.4 Å². The second-order valence-electron chi connectivity index (χ2n) is 7.91. The Morgan fingerprint density at radius 2 is 1.33 bits per heavy atom. The van der Waals surface area contributed by atoms with Crippen LogP contribution in [0.5, 0.6) is 11.5 Å². The molecule has 0 saturated carbocycles. The van der Waals surface area contributed by atoms with Crippen LogP contribution in [0, 0.1) is 5.92 Å². The van der Waals surface area contributed by atoms with Crippen LogP contribution in [0.2, 0.25) is 0 Å². The number of esters is 1. The van der Waals surface area contributed by atoms with Gasteiger partial charge in [-0.15, -0.1) is 0 Å². The molecule has 4 heteroatoms. The second kappa shape index (κ2) is 14.4. The van der Waals surface area contributed by atoms with E-state index in [9.17, 15) is 15.0 Å². The van der Waals surface area contributed by atoms with Gasteiger partial charge in [-0.25, -0.2) is 4.79 Å². The number of phenols is 2. The van der Waals surface area contributed by atoms with Crippen LogP contribution in [-0.2, 0) is 4.74 Å². The Bertz CT molecular complexity index is 525. The summed E-state index contributed by atoms with van der Waals surface area (Å²) in [4.78, 5) is 11.8. The number of phenolic OH excluding ortho intramolecular Hbond substituents is 2. The van der Waals surface area contributed by atoms with E-state index in [2.05, 4.69) is 13.8 Å². The van der Waals surface area contributed by atoms with Crippen molar-refractivity contribution in [3.05, 3.63) is 23.8 Å². The van der Waals surface area contributed by atoms with Crippen LogP contribution in [-0.4, -0.2) is 22.8 Å². The molecule has 27 heavy (non-hydrogen) atoms. The fraction of sp³-hybridized carbons (Fsp3) is 0.696. The number of aromatic hydroxyl groups is 2. The van der Waals surface area contributed by atoms with Crippen molar-refractivity contribution in [2.75, 3.05) is 6.61 Å². The van der Waals surface area contributed by atoms with Crippen LogP contribution in [0.4, 0.5) is 0 Å². The number of unbranched alkanes of at least 4 members (excludes halogenated alkanes) is 10. The maximum atomic E-state index is 11.8. The number of hydrogen-bond acceptors (Lipinski definition) is 4. The van der Waals surface area contributed by atoms with Crippen LogP contribution in [0.25, 0.3) is 0 Å². The van der Waals surface area contributed by atoms with Gasteiger partial charge in [0.2, 0.25) is 0 Å². The van der Waals surface area contributed by atoms with Gasteiger partial charge >= 0.3 is 5.97 Å². The topological polar surface area (TPSA) is 66.8 Å². The number of carbonyl (C=O) groups is 1. The molecular weight excluding hydrogens is 340 g/mol. The summed E-state index contributed by atoms with van der Waals surface area (Å²) < 4.78 is 5.20. The highest BCUT2D eigenvalue weighted by atomic mass is 16.5. The SMILES string of the molecule is CC(C)CCCCCCCCCCCCCOC(=O)c1ccc(O)c(O)c1. The molecule has 0 unspecified atom stereocenters. The molecule has 0 aliphatic carbocycles. The number of benzene rings is 1. The summed E-state index contributed by atoms with van der Waals surface area (Å²) in [7, 11) is 0. The summed E-state index contributed by atoms with van der Waals surface area (Å²) >= 11 is 0. The predicted octanol–water partition coefficient (Wildman–Crippen LogP) is 6.59. The van der Waals surface area contributed by atoms with Crippen molar-refractivity contribution < 1.29 is 19.7 Å². The van der Waals surface area contributed by atoms with Gasteiger partial charge in [0.05, 0.1) is 12.2 Å². The molecule has 4 nitrogen and oxygen atoms in total. The summed E-state index contributed by atoms with van der Waals surface area (Å²) in [5.74, 6) is -0.161. The zero-order valence-corrected chi connectivity index (χ0v) is 17.2. The predicted molar refractivity (Wildman–Crippen MR) is 110 cm³/mol. The van der Waals surface area contributed by atoms with Crippen molar-refractivity contribution in [2.24, 2.45) is 5.92 Å². The first kappa shape index (κ1) is 23.3. The Morgan fingerprint density at radius 3 is 1.85 bits per heavy atom. The van der Waals surface area contributed by atoms with Crippen molar-refractivity contribution in [2.45, 2.75) is 90.9 Å². The smallest absolute Gasteiger partial charge is 0.338 e. The third kappa shape index (κ3) is 11.6. The van der Waals surface area contributed by atoms with Gasteiger partial charge in [-0.3, -0.25) is 0 Å². The van der Waals surface area contributed by atoms with Crippen LogP contribution in [0.1, 0.15) is 101 Å². The Balaban J connectivity index is 1.89. The summed E-state index contributed by atoms with van der Waals surface area (Å²) in [6, 6.07) is 3.96. The van der Waals surface area contributed by atoms with E-state index in [0.717, 1.165) is 18.8 Å². The van der Waals surface area contributed by atoms with Gasteiger partial charge in [-0.05, 0) is 30.5 Å². The molecule has 0 aromatic heterocycles. The van der Waals surface area contributed by atoms with Crippen molar-refractivity contribution >= 4 is 5.97 Å².